The Labute approximate surface area is 140 Å². The summed E-state index contributed by atoms with van der Waals surface area (Å²) in [5, 5.41) is 2.76. The van der Waals surface area contributed by atoms with Crippen LogP contribution in [-0.4, -0.2) is 35.4 Å². The molecule has 0 aliphatic carbocycles. The van der Waals surface area contributed by atoms with E-state index in [0.29, 0.717) is 18.9 Å². The molecule has 1 aliphatic heterocycles. The molecule has 1 fully saturated rings. The van der Waals surface area contributed by atoms with E-state index in [4.69, 9.17) is 4.74 Å². The third-order valence-corrected chi connectivity index (χ3v) is 4.03. The van der Waals surface area contributed by atoms with Gasteiger partial charge in [0.2, 0.25) is 11.8 Å². The molecule has 2 amide bonds. The van der Waals surface area contributed by atoms with Crippen molar-refractivity contribution in [1.82, 2.24) is 9.88 Å². The van der Waals surface area contributed by atoms with Gasteiger partial charge in [-0.1, -0.05) is 18.2 Å². The van der Waals surface area contributed by atoms with Crippen molar-refractivity contribution in [3.8, 4) is 5.75 Å². The molecule has 1 saturated heterocycles. The summed E-state index contributed by atoms with van der Waals surface area (Å²) in [5.74, 6) is 0.756. The summed E-state index contributed by atoms with van der Waals surface area (Å²) in [6.45, 7) is 0.916. The molecule has 1 unspecified atom stereocenters. The Morgan fingerprint density at radius 3 is 2.75 bits per heavy atom. The fourth-order valence-electron chi connectivity index (χ4n) is 2.72. The van der Waals surface area contributed by atoms with Gasteiger partial charge in [-0.25, -0.2) is 4.98 Å². The summed E-state index contributed by atoms with van der Waals surface area (Å²) < 4.78 is 5.13. The number of carbonyl (C=O) groups excluding carboxylic acids is 2. The molecule has 0 radical (unpaired) electrons. The van der Waals surface area contributed by atoms with Gasteiger partial charge in [-0.05, 0) is 29.8 Å². The molecule has 0 bridgehead atoms. The minimum absolute atomic E-state index is 0.00742. The van der Waals surface area contributed by atoms with Crippen molar-refractivity contribution in [3.05, 3.63) is 54.2 Å². The maximum Gasteiger partial charge on any atom is 0.230 e. The summed E-state index contributed by atoms with van der Waals surface area (Å²) in [5.41, 5.74) is 1.01. The normalized spacial score (nSPS) is 17.0. The van der Waals surface area contributed by atoms with E-state index in [-0.39, 0.29) is 24.2 Å². The first-order valence-corrected chi connectivity index (χ1v) is 7.78. The van der Waals surface area contributed by atoms with Crippen LogP contribution >= 0.6 is 0 Å². The van der Waals surface area contributed by atoms with E-state index in [9.17, 15) is 9.59 Å². The second-order valence-electron chi connectivity index (χ2n) is 5.73. The molecule has 1 aliphatic rings. The maximum atomic E-state index is 12.3. The molecule has 124 valence electrons. The molecule has 3 rings (SSSR count). The van der Waals surface area contributed by atoms with Crippen LogP contribution in [0, 0.1) is 5.92 Å². The van der Waals surface area contributed by atoms with Gasteiger partial charge >= 0.3 is 0 Å². The first-order valence-electron chi connectivity index (χ1n) is 7.78. The fraction of sp³-hybridized carbons (Fsp3) is 0.278. The number of hydrogen-bond acceptors (Lipinski definition) is 4. The van der Waals surface area contributed by atoms with Crippen molar-refractivity contribution in [2.45, 2.75) is 13.0 Å². The second-order valence-corrected chi connectivity index (χ2v) is 5.73. The molecule has 1 aromatic carbocycles. The minimum Gasteiger partial charge on any atom is -0.497 e. The molecule has 1 atom stereocenters. The van der Waals surface area contributed by atoms with Crippen LogP contribution in [-0.2, 0) is 16.1 Å². The number of pyridine rings is 1. The van der Waals surface area contributed by atoms with E-state index in [1.807, 2.05) is 24.3 Å². The van der Waals surface area contributed by atoms with Crippen molar-refractivity contribution in [2.24, 2.45) is 5.92 Å². The Balaban J connectivity index is 1.59. The summed E-state index contributed by atoms with van der Waals surface area (Å²) in [6.07, 6.45) is 1.85. The first kappa shape index (κ1) is 16.0. The zero-order valence-electron chi connectivity index (χ0n) is 13.4. The Morgan fingerprint density at radius 1 is 1.29 bits per heavy atom. The highest BCUT2D eigenvalue weighted by molar-refractivity contribution is 5.96. The smallest absolute Gasteiger partial charge is 0.230 e. The number of nitrogens with zero attached hydrogens (tertiary/aromatic N) is 2. The van der Waals surface area contributed by atoms with Crippen LogP contribution in [0.3, 0.4) is 0 Å². The van der Waals surface area contributed by atoms with Gasteiger partial charge in [-0.2, -0.15) is 0 Å². The molecule has 6 nitrogen and oxygen atoms in total. The highest BCUT2D eigenvalue weighted by Crippen LogP contribution is 2.22. The number of benzene rings is 1. The molecular formula is C18H19N3O3. The van der Waals surface area contributed by atoms with Crippen molar-refractivity contribution in [2.75, 3.05) is 19.0 Å². The van der Waals surface area contributed by atoms with E-state index in [2.05, 4.69) is 10.3 Å². The number of nitrogens with one attached hydrogen (secondary N) is 1. The monoisotopic (exact) mass is 325 g/mol. The van der Waals surface area contributed by atoms with Crippen molar-refractivity contribution < 1.29 is 14.3 Å². The predicted octanol–water partition coefficient (Wildman–Crippen LogP) is 2.08. The lowest BCUT2D eigenvalue weighted by molar-refractivity contribution is -0.128. The number of amides is 2. The molecule has 2 heterocycles. The highest BCUT2D eigenvalue weighted by atomic mass is 16.5. The number of hydrogen-bond donors (Lipinski definition) is 1. The Hall–Kier alpha value is -2.89. The topological polar surface area (TPSA) is 71.5 Å². The molecule has 24 heavy (non-hydrogen) atoms. The Bertz CT molecular complexity index is 716. The second kappa shape index (κ2) is 7.12. The molecule has 2 aromatic rings. The molecule has 0 saturated carbocycles. The number of likely N-dealkylation sites (tertiary alicyclic amines) is 1. The number of rotatable bonds is 5. The van der Waals surface area contributed by atoms with Crippen LogP contribution in [0.25, 0.3) is 0 Å². The van der Waals surface area contributed by atoms with Crippen LogP contribution in [0.1, 0.15) is 12.0 Å². The van der Waals surface area contributed by atoms with Crippen LogP contribution in [0.5, 0.6) is 5.75 Å². The summed E-state index contributed by atoms with van der Waals surface area (Å²) in [4.78, 5) is 30.3. The molecule has 1 aromatic heterocycles. The van der Waals surface area contributed by atoms with Gasteiger partial charge in [0.1, 0.15) is 11.6 Å². The summed E-state index contributed by atoms with van der Waals surface area (Å²) >= 11 is 0. The first-order chi connectivity index (χ1) is 11.7. The molecule has 6 heteroatoms. The predicted molar refractivity (Wildman–Crippen MR) is 89.4 cm³/mol. The zero-order chi connectivity index (χ0) is 16.9. The summed E-state index contributed by atoms with van der Waals surface area (Å²) in [6, 6.07) is 12.9. The van der Waals surface area contributed by atoms with Gasteiger partial charge in [0, 0.05) is 25.7 Å². The number of carbonyl (C=O) groups is 2. The standard InChI is InChI=1S/C18H19N3O3/c1-24-15-7-5-13(6-8-15)11-21-12-14(10-17(21)22)18(23)20-16-4-2-3-9-19-16/h2-9,14H,10-12H2,1H3,(H,19,20,23). The van der Waals surface area contributed by atoms with Crippen LogP contribution in [0.15, 0.2) is 48.7 Å². The maximum absolute atomic E-state index is 12.3. The van der Waals surface area contributed by atoms with Crippen molar-refractivity contribution in [1.29, 1.82) is 0 Å². The third-order valence-electron chi connectivity index (χ3n) is 4.03. The number of ether oxygens (including phenoxy) is 1. The van der Waals surface area contributed by atoms with Gasteiger partial charge in [-0.3, -0.25) is 9.59 Å². The van der Waals surface area contributed by atoms with E-state index in [0.717, 1.165) is 11.3 Å². The van der Waals surface area contributed by atoms with E-state index in [1.54, 1.807) is 36.4 Å². The summed E-state index contributed by atoms with van der Waals surface area (Å²) in [7, 11) is 1.61. The zero-order valence-corrected chi connectivity index (χ0v) is 13.4. The largest absolute Gasteiger partial charge is 0.497 e. The van der Waals surface area contributed by atoms with Gasteiger partial charge in [-0.15, -0.1) is 0 Å². The minimum atomic E-state index is -0.349. The van der Waals surface area contributed by atoms with E-state index in [1.165, 1.54) is 0 Å². The van der Waals surface area contributed by atoms with Crippen molar-refractivity contribution >= 4 is 17.6 Å². The van der Waals surface area contributed by atoms with Crippen LogP contribution in [0.4, 0.5) is 5.82 Å². The van der Waals surface area contributed by atoms with E-state index >= 15 is 0 Å². The highest BCUT2D eigenvalue weighted by Gasteiger charge is 2.34. The quantitative estimate of drug-likeness (QED) is 0.913. The van der Waals surface area contributed by atoms with Crippen molar-refractivity contribution in [3.63, 3.8) is 0 Å². The average molecular weight is 325 g/mol. The van der Waals surface area contributed by atoms with Gasteiger partial charge in [0.25, 0.3) is 0 Å². The lowest BCUT2D eigenvalue weighted by Gasteiger charge is -2.17. The van der Waals surface area contributed by atoms with Gasteiger partial charge in [0.05, 0.1) is 13.0 Å². The number of aromatic nitrogens is 1. The lowest BCUT2D eigenvalue weighted by atomic mass is 10.1. The molecular weight excluding hydrogens is 306 g/mol. The average Bonchev–Trinajstić information content (AvgIpc) is 2.97. The Kier molecular flexibility index (Phi) is 4.74. The number of anilines is 1. The molecule has 0 spiro atoms. The SMILES string of the molecule is COc1ccc(CN2CC(C(=O)Nc3ccccn3)CC2=O)cc1. The third kappa shape index (κ3) is 3.71. The fourth-order valence-corrected chi connectivity index (χ4v) is 2.72. The molecule has 1 N–H and O–H groups in total. The lowest BCUT2D eigenvalue weighted by Crippen LogP contribution is -2.28. The van der Waals surface area contributed by atoms with Crippen LogP contribution in [0.2, 0.25) is 0 Å². The van der Waals surface area contributed by atoms with Crippen LogP contribution < -0.4 is 10.1 Å². The van der Waals surface area contributed by atoms with Gasteiger partial charge in [0.15, 0.2) is 0 Å². The van der Waals surface area contributed by atoms with Gasteiger partial charge < -0.3 is 15.0 Å². The number of methoxy groups -OCH3 is 1. The van der Waals surface area contributed by atoms with E-state index < -0.39 is 0 Å². The Morgan fingerprint density at radius 2 is 2.08 bits per heavy atom.